The van der Waals surface area contributed by atoms with Gasteiger partial charge in [0.2, 0.25) is 5.91 Å². The minimum absolute atomic E-state index is 0.110. The van der Waals surface area contributed by atoms with E-state index in [9.17, 15) is 4.79 Å². The molecule has 0 radical (unpaired) electrons. The number of hydrogen-bond acceptors (Lipinski definition) is 1. The molecule has 0 aromatic heterocycles. The van der Waals surface area contributed by atoms with Crippen molar-refractivity contribution in [2.45, 2.75) is 52.4 Å². The molecule has 2 nitrogen and oxygen atoms in total. The van der Waals surface area contributed by atoms with Gasteiger partial charge < -0.3 is 5.32 Å². The molecule has 1 aliphatic carbocycles. The summed E-state index contributed by atoms with van der Waals surface area (Å²) in [5, 5.41) is 3.12. The average molecular weight is 308 g/mol. The molecule has 0 spiro atoms. The third-order valence-corrected chi connectivity index (χ3v) is 5.28. The van der Waals surface area contributed by atoms with Crippen molar-refractivity contribution in [3.05, 3.63) is 34.9 Å². The van der Waals surface area contributed by atoms with Gasteiger partial charge in [0.15, 0.2) is 0 Å². The first-order valence-electron chi connectivity index (χ1n) is 7.93. The Morgan fingerprint density at radius 1 is 1.24 bits per heavy atom. The molecule has 0 unspecified atom stereocenters. The monoisotopic (exact) mass is 307 g/mol. The lowest BCUT2D eigenvalue weighted by Crippen LogP contribution is -2.40. The summed E-state index contributed by atoms with van der Waals surface area (Å²) in [4.78, 5) is 12.2. The first-order valence-corrected chi connectivity index (χ1v) is 8.47. The van der Waals surface area contributed by atoms with E-state index in [0.29, 0.717) is 12.3 Å². The van der Waals surface area contributed by atoms with Crippen LogP contribution in [-0.2, 0) is 11.2 Å². The quantitative estimate of drug-likeness (QED) is 0.813. The van der Waals surface area contributed by atoms with Crippen LogP contribution in [0.3, 0.4) is 0 Å². The Kier molecular flexibility index (Phi) is 5.69. The van der Waals surface area contributed by atoms with E-state index in [0.717, 1.165) is 24.9 Å². The lowest BCUT2D eigenvalue weighted by molar-refractivity contribution is -0.121. The Hall–Kier alpha value is -1.02. The summed E-state index contributed by atoms with van der Waals surface area (Å²) in [6, 6.07) is 6.27. The maximum Gasteiger partial charge on any atom is 0.224 e. The molecule has 0 saturated heterocycles. The molecule has 1 saturated carbocycles. The van der Waals surface area contributed by atoms with E-state index in [2.05, 4.69) is 37.4 Å². The number of alkyl halides is 1. The summed E-state index contributed by atoms with van der Waals surface area (Å²) in [6.07, 6.45) is 6.51. The normalized spacial score (nSPS) is 17.5. The highest BCUT2D eigenvalue weighted by molar-refractivity contribution is 6.18. The van der Waals surface area contributed by atoms with E-state index in [1.807, 2.05) is 0 Å². The minimum atomic E-state index is 0.110. The Bertz CT molecular complexity index is 492. The average Bonchev–Trinajstić information content (AvgIpc) is 2.50. The van der Waals surface area contributed by atoms with Crippen LogP contribution in [0.5, 0.6) is 0 Å². The Labute approximate surface area is 133 Å². The zero-order valence-electron chi connectivity index (χ0n) is 13.2. The number of rotatable bonds is 5. The smallest absolute Gasteiger partial charge is 0.224 e. The number of carbonyl (C=O) groups excluding carboxylic acids is 1. The van der Waals surface area contributed by atoms with E-state index in [4.69, 9.17) is 11.6 Å². The van der Waals surface area contributed by atoms with E-state index in [-0.39, 0.29) is 11.3 Å². The highest BCUT2D eigenvalue weighted by Crippen LogP contribution is 2.36. The molecular weight excluding hydrogens is 282 g/mol. The minimum Gasteiger partial charge on any atom is -0.355 e. The number of benzene rings is 1. The number of aryl methyl sites for hydroxylation is 2. The summed E-state index contributed by atoms with van der Waals surface area (Å²) in [5.41, 5.74) is 3.63. The van der Waals surface area contributed by atoms with Crippen LogP contribution in [0.1, 0.15) is 48.8 Å². The largest absolute Gasteiger partial charge is 0.355 e. The van der Waals surface area contributed by atoms with E-state index in [1.165, 1.54) is 30.4 Å². The third-order valence-electron chi connectivity index (χ3n) is 4.71. The molecule has 116 valence electrons. The molecule has 1 aromatic rings. The van der Waals surface area contributed by atoms with Gasteiger partial charge in [-0.2, -0.15) is 0 Å². The second kappa shape index (κ2) is 7.31. The highest BCUT2D eigenvalue weighted by atomic mass is 35.5. The molecule has 0 heterocycles. The Balaban J connectivity index is 1.91. The van der Waals surface area contributed by atoms with Gasteiger partial charge in [-0.1, -0.05) is 43.0 Å². The molecule has 0 bridgehead atoms. The van der Waals surface area contributed by atoms with Crippen LogP contribution >= 0.6 is 11.6 Å². The Morgan fingerprint density at radius 3 is 2.62 bits per heavy atom. The molecule has 0 atom stereocenters. The maximum absolute atomic E-state index is 12.2. The third kappa shape index (κ3) is 4.47. The fraction of sp³-hybridized carbons (Fsp3) is 0.611. The van der Waals surface area contributed by atoms with E-state index in [1.54, 1.807) is 0 Å². The Morgan fingerprint density at radius 2 is 1.95 bits per heavy atom. The molecule has 2 rings (SSSR count). The van der Waals surface area contributed by atoms with Crippen molar-refractivity contribution in [2.24, 2.45) is 5.41 Å². The predicted octanol–water partition coefficient (Wildman–Crippen LogP) is 4.15. The first kappa shape index (κ1) is 16.4. The molecular formula is C18H26ClNO. The van der Waals surface area contributed by atoms with Crippen LogP contribution in [0.15, 0.2) is 18.2 Å². The predicted molar refractivity (Wildman–Crippen MR) is 88.9 cm³/mol. The molecule has 1 amide bonds. The van der Waals surface area contributed by atoms with Gasteiger partial charge in [0, 0.05) is 17.8 Å². The SMILES string of the molecule is Cc1ccc(C)c(CC(=O)NCC2(CCl)CCCCC2)c1. The molecule has 1 aliphatic rings. The van der Waals surface area contributed by atoms with Gasteiger partial charge in [0.1, 0.15) is 0 Å². The zero-order valence-corrected chi connectivity index (χ0v) is 13.9. The van der Waals surface area contributed by atoms with E-state index < -0.39 is 0 Å². The van der Waals surface area contributed by atoms with Gasteiger partial charge in [0.25, 0.3) is 0 Å². The number of nitrogens with one attached hydrogen (secondary N) is 1. The van der Waals surface area contributed by atoms with Gasteiger partial charge in [-0.15, -0.1) is 11.6 Å². The van der Waals surface area contributed by atoms with Crippen molar-refractivity contribution in [3.63, 3.8) is 0 Å². The van der Waals surface area contributed by atoms with Gasteiger partial charge in [-0.25, -0.2) is 0 Å². The molecule has 1 N–H and O–H groups in total. The molecule has 1 aromatic carbocycles. The fourth-order valence-electron chi connectivity index (χ4n) is 3.17. The lowest BCUT2D eigenvalue weighted by Gasteiger charge is -2.35. The second-order valence-electron chi connectivity index (χ2n) is 6.58. The van der Waals surface area contributed by atoms with Crippen molar-refractivity contribution < 1.29 is 4.79 Å². The van der Waals surface area contributed by atoms with Crippen molar-refractivity contribution in [3.8, 4) is 0 Å². The van der Waals surface area contributed by atoms with Crippen LogP contribution in [-0.4, -0.2) is 18.3 Å². The fourth-order valence-corrected chi connectivity index (χ4v) is 3.53. The van der Waals surface area contributed by atoms with Crippen LogP contribution in [0.2, 0.25) is 0 Å². The summed E-state index contributed by atoms with van der Waals surface area (Å²) < 4.78 is 0. The van der Waals surface area contributed by atoms with Crippen LogP contribution in [0, 0.1) is 19.3 Å². The number of amides is 1. The molecule has 1 fully saturated rings. The van der Waals surface area contributed by atoms with E-state index >= 15 is 0 Å². The number of halogens is 1. The van der Waals surface area contributed by atoms with Crippen molar-refractivity contribution >= 4 is 17.5 Å². The van der Waals surface area contributed by atoms with Gasteiger partial charge in [0.05, 0.1) is 6.42 Å². The number of carbonyl (C=O) groups is 1. The van der Waals surface area contributed by atoms with Crippen LogP contribution < -0.4 is 5.32 Å². The topological polar surface area (TPSA) is 29.1 Å². The molecule has 0 aliphatic heterocycles. The summed E-state index contributed by atoms with van der Waals surface area (Å²) in [6.45, 7) is 4.84. The standard InChI is InChI=1S/C18H26ClNO/c1-14-6-7-15(2)16(10-14)11-17(21)20-13-18(12-19)8-4-3-5-9-18/h6-7,10H,3-5,8-9,11-13H2,1-2H3,(H,20,21). The van der Waals surface area contributed by atoms with Crippen molar-refractivity contribution in [1.82, 2.24) is 5.32 Å². The molecule has 21 heavy (non-hydrogen) atoms. The number of hydrogen-bond donors (Lipinski definition) is 1. The summed E-state index contributed by atoms with van der Waals surface area (Å²) in [5.74, 6) is 0.760. The highest BCUT2D eigenvalue weighted by Gasteiger charge is 2.31. The van der Waals surface area contributed by atoms with Crippen LogP contribution in [0.25, 0.3) is 0 Å². The second-order valence-corrected chi connectivity index (χ2v) is 6.84. The van der Waals surface area contributed by atoms with Gasteiger partial charge in [-0.3, -0.25) is 4.79 Å². The summed E-state index contributed by atoms with van der Waals surface area (Å²) in [7, 11) is 0. The van der Waals surface area contributed by atoms with Crippen molar-refractivity contribution in [2.75, 3.05) is 12.4 Å². The zero-order chi connectivity index (χ0) is 15.3. The summed E-state index contributed by atoms with van der Waals surface area (Å²) >= 11 is 6.18. The van der Waals surface area contributed by atoms with Crippen LogP contribution in [0.4, 0.5) is 0 Å². The van der Waals surface area contributed by atoms with Gasteiger partial charge >= 0.3 is 0 Å². The first-order chi connectivity index (χ1) is 10.0. The van der Waals surface area contributed by atoms with Gasteiger partial charge in [-0.05, 0) is 37.8 Å². The maximum atomic E-state index is 12.2. The van der Waals surface area contributed by atoms with Crippen molar-refractivity contribution in [1.29, 1.82) is 0 Å². The molecule has 3 heteroatoms. The lowest BCUT2D eigenvalue weighted by atomic mass is 9.75.